The highest BCUT2D eigenvalue weighted by Crippen LogP contribution is 2.29. The zero-order valence-electron chi connectivity index (χ0n) is 9.26. The van der Waals surface area contributed by atoms with Crippen LogP contribution in [-0.4, -0.2) is 29.4 Å². The van der Waals surface area contributed by atoms with Crippen molar-refractivity contribution in [2.75, 3.05) is 13.7 Å². The van der Waals surface area contributed by atoms with Gasteiger partial charge >= 0.3 is 11.7 Å². The van der Waals surface area contributed by atoms with Gasteiger partial charge in [-0.05, 0) is 6.07 Å². The largest absolute Gasteiger partial charge is 0.483 e. The number of esters is 1. The molecule has 98 valence electrons. The summed E-state index contributed by atoms with van der Waals surface area (Å²) in [7, 11) is 1.18. The highest BCUT2D eigenvalue weighted by atomic mass is 79.9. The lowest BCUT2D eigenvalue weighted by Crippen LogP contribution is -2.23. The van der Waals surface area contributed by atoms with E-state index in [0.717, 1.165) is 12.1 Å². The van der Waals surface area contributed by atoms with Crippen molar-refractivity contribution in [2.24, 2.45) is 0 Å². The van der Waals surface area contributed by atoms with Crippen LogP contribution in [0.4, 0.5) is 10.1 Å². The molecule has 0 spiro atoms. The molecule has 0 saturated heterocycles. The molecule has 0 fully saturated rings. The number of halogens is 2. The molecule has 0 aliphatic carbocycles. The molecule has 18 heavy (non-hydrogen) atoms. The van der Waals surface area contributed by atoms with Gasteiger partial charge in [0, 0.05) is 6.07 Å². The predicted octanol–water partition coefficient (Wildman–Crippen LogP) is 2.05. The summed E-state index contributed by atoms with van der Waals surface area (Å²) in [4.78, 5) is 20.1. The third kappa shape index (κ3) is 3.39. The van der Waals surface area contributed by atoms with Gasteiger partial charge in [-0.15, -0.1) is 0 Å². The Morgan fingerprint density at radius 1 is 1.61 bits per heavy atom. The second-order valence-corrected chi connectivity index (χ2v) is 4.25. The van der Waals surface area contributed by atoms with Gasteiger partial charge in [-0.3, -0.25) is 14.9 Å². The van der Waals surface area contributed by atoms with Gasteiger partial charge in [0.25, 0.3) is 0 Å². The molecule has 0 saturated carbocycles. The van der Waals surface area contributed by atoms with Crippen LogP contribution in [0.2, 0.25) is 0 Å². The first-order valence-corrected chi connectivity index (χ1v) is 5.66. The molecule has 6 nitrogen and oxygen atoms in total. The van der Waals surface area contributed by atoms with Crippen molar-refractivity contribution >= 4 is 27.6 Å². The average molecular weight is 322 g/mol. The van der Waals surface area contributed by atoms with E-state index in [4.69, 9.17) is 4.74 Å². The number of carbonyl (C=O) groups is 1. The fourth-order valence-corrected chi connectivity index (χ4v) is 1.46. The smallest absolute Gasteiger partial charge is 0.322 e. The van der Waals surface area contributed by atoms with E-state index in [1.165, 1.54) is 13.2 Å². The number of hydrogen-bond donors (Lipinski definition) is 0. The van der Waals surface area contributed by atoms with Gasteiger partial charge in [0.15, 0.2) is 5.82 Å². The minimum absolute atomic E-state index is 0.283. The summed E-state index contributed by atoms with van der Waals surface area (Å²) < 4.78 is 22.7. The zero-order chi connectivity index (χ0) is 13.7. The first-order valence-electron chi connectivity index (χ1n) is 4.75. The fourth-order valence-electron chi connectivity index (χ4n) is 1.14. The van der Waals surface area contributed by atoms with Crippen LogP contribution in [0.15, 0.2) is 18.2 Å². The molecule has 0 radical (unpaired) electrons. The van der Waals surface area contributed by atoms with Crippen LogP contribution in [0, 0.1) is 15.9 Å². The Labute approximate surface area is 110 Å². The molecule has 0 bridgehead atoms. The summed E-state index contributed by atoms with van der Waals surface area (Å²) in [5.74, 6) is -1.99. The van der Waals surface area contributed by atoms with Gasteiger partial charge < -0.3 is 9.47 Å². The topological polar surface area (TPSA) is 78.7 Å². The van der Waals surface area contributed by atoms with Crippen LogP contribution in [0.1, 0.15) is 0 Å². The third-order valence-electron chi connectivity index (χ3n) is 1.97. The maximum atomic E-state index is 13.4. The van der Waals surface area contributed by atoms with E-state index < -0.39 is 33.0 Å². The van der Waals surface area contributed by atoms with Crippen LogP contribution in [-0.2, 0) is 9.53 Å². The van der Waals surface area contributed by atoms with Gasteiger partial charge in [-0.2, -0.15) is 0 Å². The van der Waals surface area contributed by atoms with E-state index in [2.05, 4.69) is 20.7 Å². The van der Waals surface area contributed by atoms with E-state index >= 15 is 0 Å². The standard InChI is InChI=1S/C10H9BrFNO5/c1-17-10(14)6(11)5-18-9-7(12)3-2-4-8(9)13(15)16/h2-4,6H,5H2,1H3. The number of ether oxygens (including phenoxy) is 2. The fraction of sp³-hybridized carbons (Fsp3) is 0.300. The minimum Gasteiger partial charge on any atom is -0.483 e. The second-order valence-electron chi connectivity index (χ2n) is 3.15. The number of para-hydroxylation sites is 1. The van der Waals surface area contributed by atoms with Gasteiger partial charge in [-0.1, -0.05) is 22.0 Å². The Bertz CT molecular complexity index is 468. The number of methoxy groups -OCH3 is 1. The molecule has 1 aromatic carbocycles. The van der Waals surface area contributed by atoms with Crippen molar-refractivity contribution < 1.29 is 23.6 Å². The lowest BCUT2D eigenvalue weighted by Gasteiger charge is -2.10. The summed E-state index contributed by atoms with van der Waals surface area (Å²) in [6, 6.07) is 3.34. The van der Waals surface area contributed by atoms with E-state index in [1.54, 1.807) is 0 Å². The quantitative estimate of drug-likeness (QED) is 0.359. The average Bonchev–Trinajstić information content (AvgIpc) is 2.35. The van der Waals surface area contributed by atoms with Crippen molar-refractivity contribution in [1.82, 2.24) is 0 Å². The number of rotatable bonds is 5. The van der Waals surface area contributed by atoms with Crippen LogP contribution in [0.3, 0.4) is 0 Å². The predicted molar refractivity (Wildman–Crippen MR) is 63.3 cm³/mol. The lowest BCUT2D eigenvalue weighted by molar-refractivity contribution is -0.386. The molecular formula is C10H9BrFNO5. The first kappa shape index (κ1) is 14.4. The molecule has 1 atom stereocenters. The number of carbonyl (C=O) groups excluding carboxylic acids is 1. The third-order valence-corrected chi connectivity index (χ3v) is 2.61. The van der Waals surface area contributed by atoms with Gasteiger partial charge in [-0.25, -0.2) is 4.39 Å². The Balaban J connectivity index is 2.84. The molecule has 1 unspecified atom stereocenters. The molecule has 0 aliphatic rings. The number of alkyl halides is 1. The molecule has 0 amide bonds. The van der Waals surface area contributed by atoms with Crippen molar-refractivity contribution in [3.8, 4) is 5.75 Å². The Morgan fingerprint density at radius 2 is 2.28 bits per heavy atom. The molecule has 8 heteroatoms. The van der Waals surface area contributed by atoms with E-state index in [1.807, 2.05) is 0 Å². The molecule has 0 aromatic heterocycles. The number of nitrogens with zero attached hydrogens (tertiary/aromatic N) is 1. The molecule has 0 heterocycles. The SMILES string of the molecule is COC(=O)C(Br)COc1c(F)cccc1[N+](=O)[O-]. The van der Waals surface area contributed by atoms with E-state index in [9.17, 15) is 19.3 Å². The number of nitro benzene ring substituents is 1. The summed E-state index contributed by atoms with van der Waals surface area (Å²) >= 11 is 2.96. The van der Waals surface area contributed by atoms with Gasteiger partial charge in [0.1, 0.15) is 11.4 Å². The summed E-state index contributed by atoms with van der Waals surface area (Å²) in [5, 5.41) is 10.7. The number of benzene rings is 1. The second kappa shape index (κ2) is 6.29. The maximum absolute atomic E-state index is 13.4. The molecule has 1 rings (SSSR count). The van der Waals surface area contributed by atoms with Gasteiger partial charge in [0.2, 0.25) is 5.75 Å². The van der Waals surface area contributed by atoms with E-state index in [0.29, 0.717) is 0 Å². The summed E-state index contributed by atoms with van der Waals surface area (Å²) in [6.07, 6.45) is 0. The van der Waals surface area contributed by atoms with Crippen molar-refractivity contribution in [3.63, 3.8) is 0 Å². The molecule has 0 aliphatic heterocycles. The Hall–Kier alpha value is -1.70. The Morgan fingerprint density at radius 3 is 2.83 bits per heavy atom. The number of hydrogen-bond acceptors (Lipinski definition) is 5. The molecular weight excluding hydrogens is 313 g/mol. The summed E-state index contributed by atoms with van der Waals surface area (Å²) in [6.45, 7) is -0.283. The zero-order valence-corrected chi connectivity index (χ0v) is 10.8. The molecule has 0 N–H and O–H groups in total. The van der Waals surface area contributed by atoms with Crippen LogP contribution in [0.25, 0.3) is 0 Å². The minimum atomic E-state index is -0.867. The first-order chi connectivity index (χ1) is 8.47. The van der Waals surface area contributed by atoms with Gasteiger partial charge in [0.05, 0.1) is 12.0 Å². The number of nitro groups is 1. The Kier molecular flexibility index (Phi) is 5.02. The molecule has 1 aromatic rings. The van der Waals surface area contributed by atoms with Crippen LogP contribution >= 0.6 is 15.9 Å². The van der Waals surface area contributed by atoms with Crippen molar-refractivity contribution in [1.29, 1.82) is 0 Å². The highest BCUT2D eigenvalue weighted by molar-refractivity contribution is 9.10. The van der Waals surface area contributed by atoms with Crippen molar-refractivity contribution in [2.45, 2.75) is 4.83 Å². The summed E-state index contributed by atoms with van der Waals surface area (Å²) in [5.41, 5.74) is -0.500. The monoisotopic (exact) mass is 321 g/mol. The highest BCUT2D eigenvalue weighted by Gasteiger charge is 2.22. The van der Waals surface area contributed by atoms with Crippen molar-refractivity contribution in [3.05, 3.63) is 34.1 Å². The lowest BCUT2D eigenvalue weighted by atomic mass is 10.3. The van der Waals surface area contributed by atoms with Crippen LogP contribution in [0.5, 0.6) is 5.75 Å². The van der Waals surface area contributed by atoms with Crippen LogP contribution < -0.4 is 4.74 Å². The normalized spacial score (nSPS) is 11.7. The van der Waals surface area contributed by atoms with E-state index in [-0.39, 0.29) is 6.61 Å². The maximum Gasteiger partial charge on any atom is 0.322 e.